The Morgan fingerprint density at radius 1 is 1.41 bits per heavy atom. The van der Waals surface area contributed by atoms with Crippen LogP contribution in [0.15, 0.2) is 34.7 Å². The molecule has 5 nitrogen and oxygen atoms in total. The van der Waals surface area contributed by atoms with Crippen LogP contribution in [0.2, 0.25) is 0 Å². The van der Waals surface area contributed by atoms with Crippen LogP contribution in [0.5, 0.6) is 0 Å². The maximum absolute atomic E-state index is 12.0. The summed E-state index contributed by atoms with van der Waals surface area (Å²) in [6.45, 7) is 1.85. The van der Waals surface area contributed by atoms with E-state index in [9.17, 15) is 8.42 Å². The van der Waals surface area contributed by atoms with Gasteiger partial charge in [0.15, 0.2) is 5.13 Å². The Labute approximate surface area is 103 Å². The fourth-order valence-electron chi connectivity index (χ4n) is 1.36. The van der Waals surface area contributed by atoms with Gasteiger partial charge in [0.2, 0.25) is 0 Å². The highest BCUT2D eigenvalue weighted by Crippen LogP contribution is 2.23. The van der Waals surface area contributed by atoms with E-state index >= 15 is 0 Å². The molecule has 17 heavy (non-hydrogen) atoms. The van der Waals surface area contributed by atoms with Gasteiger partial charge in [0.05, 0.1) is 5.69 Å². The van der Waals surface area contributed by atoms with E-state index in [-0.39, 0.29) is 10.6 Å². The van der Waals surface area contributed by atoms with Crippen molar-refractivity contribution >= 4 is 32.2 Å². The number of rotatable bonds is 3. The Hall–Kier alpha value is -1.60. The molecule has 0 aliphatic carbocycles. The van der Waals surface area contributed by atoms with Crippen molar-refractivity contribution in [3.05, 3.63) is 35.3 Å². The molecule has 0 aliphatic heterocycles. The Kier molecular flexibility index (Phi) is 3.03. The van der Waals surface area contributed by atoms with Gasteiger partial charge < -0.3 is 5.73 Å². The topological polar surface area (TPSA) is 85.1 Å². The van der Waals surface area contributed by atoms with Crippen LogP contribution in [0.3, 0.4) is 0 Å². The molecule has 0 fully saturated rings. The molecule has 1 heterocycles. The molecule has 0 atom stereocenters. The van der Waals surface area contributed by atoms with Crippen molar-refractivity contribution < 1.29 is 8.42 Å². The second-order valence-corrected chi connectivity index (χ2v) is 6.03. The Morgan fingerprint density at radius 2 is 2.18 bits per heavy atom. The number of nitrogens with two attached hydrogens (primary N) is 1. The zero-order valence-corrected chi connectivity index (χ0v) is 10.7. The van der Waals surface area contributed by atoms with Gasteiger partial charge in [0, 0.05) is 11.6 Å². The van der Waals surface area contributed by atoms with Crippen molar-refractivity contribution in [2.24, 2.45) is 0 Å². The third-order valence-electron chi connectivity index (χ3n) is 2.11. The van der Waals surface area contributed by atoms with E-state index in [4.69, 9.17) is 5.73 Å². The number of nitrogens with one attached hydrogen (secondary N) is 1. The summed E-state index contributed by atoms with van der Waals surface area (Å²) in [5.74, 6) is 0. The van der Waals surface area contributed by atoms with Crippen molar-refractivity contribution in [1.82, 2.24) is 4.98 Å². The van der Waals surface area contributed by atoms with E-state index < -0.39 is 10.0 Å². The van der Waals surface area contributed by atoms with E-state index in [0.717, 1.165) is 5.56 Å². The van der Waals surface area contributed by atoms with Crippen LogP contribution in [0, 0.1) is 6.92 Å². The number of aryl methyl sites for hydroxylation is 1. The molecule has 0 aliphatic rings. The molecule has 0 spiro atoms. The van der Waals surface area contributed by atoms with Gasteiger partial charge in [0.1, 0.15) is 4.90 Å². The lowest BCUT2D eigenvalue weighted by Crippen LogP contribution is -2.14. The number of benzene rings is 1. The minimum absolute atomic E-state index is 0.0679. The fraction of sp³-hybridized carbons (Fsp3) is 0.100. The van der Waals surface area contributed by atoms with Crippen LogP contribution in [-0.4, -0.2) is 13.4 Å². The minimum atomic E-state index is -3.66. The lowest BCUT2D eigenvalue weighted by molar-refractivity contribution is 0.601. The number of sulfonamides is 1. The van der Waals surface area contributed by atoms with Crippen LogP contribution < -0.4 is 10.5 Å². The quantitative estimate of drug-likeness (QED) is 0.832. The fourth-order valence-corrected chi connectivity index (χ4v) is 3.26. The first-order valence-corrected chi connectivity index (χ1v) is 7.14. The molecule has 0 radical (unpaired) electrons. The summed E-state index contributed by atoms with van der Waals surface area (Å²) < 4.78 is 26.4. The number of hydrogen-bond donors (Lipinski definition) is 2. The first-order chi connectivity index (χ1) is 7.99. The van der Waals surface area contributed by atoms with E-state index in [0.29, 0.717) is 5.13 Å². The minimum Gasteiger partial charge on any atom is -0.398 e. The van der Waals surface area contributed by atoms with Gasteiger partial charge >= 0.3 is 0 Å². The van der Waals surface area contributed by atoms with Crippen molar-refractivity contribution in [3.63, 3.8) is 0 Å². The summed E-state index contributed by atoms with van der Waals surface area (Å²) >= 11 is 1.21. The molecule has 7 heteroatoms. The van der Waals surface area contributed by atoms with Gasteiger partial charge in [-0.25, -0.2) is 13.4 Å². The van der Waals surface area contributed by atoms with Crippen LogP contribution in [0.25, 0.3) is 0 Å². The number of aromatic nitrogens is 1. The summed E-state index contributed by atoms with van der Waals surface area (Å²) in [4.78, 5) is 3.93. The standard InChI is InChI=1S/C10H11N3O2S2/c1-7-2-3-9(8(11)6-7)17(14,15)13-10-12-4-5-16-10/h2-6H,11H2,1H3,(H,12,13). The molecule has 3 N–H and O–H groups in total. The predicted octanol–water partition coefficient (Wildman–Crippen LogP) is 1.83. The number of anilines is 2. The highest BCUT2D eigenvalue weighted by Gasteiger charge is 2.18. The van der Waals surface area contributed by atoms with E-state index in [1.807, 2.05) is 6.92 Å². The molecule has 0 amide bonds. The third kappa shape index (κ3) is 2.56. The van der Waals surface area contributed by atoms with Crippen molar-refractivity contribution in [2.75, 3.05) is 10.5 Å². The molecule has 1 aromatic heterocycles. The molecule has 0 unspecified atom stereocenters. The van der Waals surface area contributed by atoms with Crippen LogP contribution in [-0.2, 0) is 10.0 Å². The number of nitrogens with zero attached hydrogens (tertiary/aromatic N) is 1. The number of nitrogen functional groups attached to an aromatic ring is 1. The van der Waals surface area contributed by atoms with Gasteiger partial charge in [-0.1, -0.05) is 6.07 Å². The van der Waals surface area contributed by atoms with Crippen LogP contribution in [0.1, 0.15) is 5.56 Å². The second kappa shape index (κ2) is 4.34. The molecule has 2 aromatic rings. The smallest absolute Gasteiger partial charge is 0.265 e. The molecule has 90 valence electrons. The molecule has 2 rings (SSSR count). The normalized spacial score (nSPS) is 11.4. The first kappa shape index (κ1) is 11.9. The Bertz CT molecular complexity index is 621. The lowest BCUT2D eigenvalue weighted by Gasteiger charge is -2.08. The summed E-state index contributed by atoms with van der Waals surface area (Å²) in [7, 11) is -3.66. The van der Waals surface area contributed by atoms with Crippen molar-refractivity contribution in [3.8, 4) is 0 Å². The molecular formula is C10H11N3O2S2. The summed E-state index contributed by atoms with van der Waals surface area (Å²) in [5.41, 5.74) is 6.84. The van der Waals surface area contributed by atoms with E-state index in [2.05, 4.69) is 9.71 Å². The van der Waals surface area contributed by atoms with Gasteiger partial charge in [-0.2, -0.15) is 0 Å². The van der Waals surface area contributed by atoms with Gasteiger partial charge in [-0.05, 0) is 24.6 Å². The Balaban J connectivity index is 2.38. The van der Waals surface area contributed by atoms with E-state index in [1.54, 1.807) is 17.5 Å². The van der Waals surface area contributed by atoms with Crippen LogP contribution >= 0.6 is 11.3 Å². The molecular weight excluding hydrogens is 258 g/mol. The SMILES string of the molecule is Cc1ccc(S(=O)(=O)Nc2nccs2)c(N)c1. The Morgan fingerprint density at radius 3 is 2.76 bits per heavy atom. The molecule has 1 aromatic carbocycles. The van der Waals surface area contributed by atoms with Crippen LogP contribution in [0.4, 0.5) is 10.8 Å². The zero-order chi connectivity index (χ0) is 12.5. The number of thiazole rings is 1. The van der Waals surface area contributed by atoms with Gasteiger partial charge in [-0.3, -0.25) is 4.72 Å². The molecule has 0 saturated heterocycles. The first-order valence-electron chi connectivity index (χ1n) is 4.77. The summed E-state index contributed by atoms with van der Waals surface area (Å²) in [6, 6.07) is 4.81. The predicted molar refractivity (Wildman–Crippen MR) is 68.5 cm³/mol. The highest BCUT2D eigenvalue weighted by molar-refractivity contribution is 7.93. The second-order valence-electron chi connectivity index (χ2n) is 3.48. The molecule has 0 bridgehead atoms. The highest BCUT2D eigenvalue weighted by atomic mass is 32.2. The van der Waals surface area contributed by atoms with Gasteiger partial charge in [0.25, 0.3) is 10.0 Å². The lowest BCUT2D eigenvalue weighted by atomic mass is 10.2. The van der Waals surface area contributed by atoms with Gasteiger partial charge in [-0.15, -0.1) is 11.3 Å². The third-order valence-corrected chi connectivity index (χ3v) is 4.34. The maximum Gasteiger partial charge on any atom is 0.265 e. The summed E-state index contributed by atoms with van der Waals surface area (Å²) in [6.07, 6.45) is 1.53. The van der Waals surface area contributed by atoms with E-state index in [1.165, 1.54) is 23.6 Å². The molecule has 0 saturated carbocycles. The average Bonchev–Trinajstić information content (AvgIpc) is 2.68. The largest absolute Gasteiger partial charge is 0.398 e. The van der Waals surface area contributed by atoms with Crippen molar-refractivity contribution in [2.45, 2.75) is 11.8 Å². The zero-order valence-electron chi connectivity index (χ0n) is 9.04. The monoisotopic (exact) mass is 269 g/mol. The average molecular weight is 269 g/mol. The maximum atomic E-state index is 12.0. The number of hydrogen-bond acceptors (Lipinski definition) is 5. The summed E-state index contributed by atoms with van der Waals surface area (Å²) in [5, 5.41) is 2.01. The van der Waals surface area contributed by atoms with Crippen molar-refractivity contribution in [1.29, 1.82) is 0 Å².